The zero-order valence-electron chi connectivity index (χ0n) is 10.6. The lowest BCUT2D eigenvalue weighted by Gasteiger charge is -2.38. The van der Waals surface area contributed by atoms with Gasteiger partial charge in [-0.25, -0.2) is 0 Å². The Morgan fingerprint density at radius 3 is 2.31 bits per heavy atom. The van der Waals surface area contributed by atoms with Gasteiger partial charge in [0.15, 0.2) is 0 Å². The quantitative estimate of drug-likeness (QED) is 0.783. The lowest BCUT2D eigenvalue weighted by molar-refractivity contribution is 0.0844. The first-order valence-electron chi connectivity index (χ1n) is 6.90. The Morgan fingerprint density at radius 2 is 1.75 bits per heavy atom. The van der Waals surface area contributed by atoms with E-state index in [-0.39, 0.29) is 6.10 Å². The fourth-order valence-corrected chi connectivity index (χ4v) is 2.99. The highest BCUT2D eigenvalue weighted by atomic mass is 16.3. The standard InChI is InChI=1S/C13H26N2O/c1-12(16)6-7-14-8-10-15(11-9-14)13-4-2-3-5-13/h12-13,16H,2-11H2,1H3. The third kappa shape index (κ3) is 3.44. The van der Waals surface area contributed by atoms with Gasteiger partial charge >= 0.3 is 0 Å². The van der Waals surface area contributed by atoms with Crippen molar-refractivity contribution in [3.63, 3.8) is 0 Å². The Hall–Kier alpha value is -0.120. The maximum atomic E-state index is 9.27. The van der Waals surface area contributed by atoms with Gasteiger partial charge in [0, 0.05) is 38.8 Å². The van der Waals surface area contributed by atoms with Gasteiger partial charge in [-0.2, -0.15) is 0 Å². The van der Waals surface area contributed by atoms with E-state index < -0.39 is 0 Å². The van der Waals surface area contributed by atoms with E-state index in [1.54, 1.807) is 0 Å². The monoisotopic (exact) mass is 226 g/mol. The zero-order valence-corrected chi connectivity index (χ0v) is 10.6. The number of nitrogens with zero attached hydrogens (tertiary/aromatic N) is 2. The summed E-state index contributed by atoms with van der Waals surface area (Å²) in [6, 6.07) is 0.888. The van der Waals surface area contributed by atoms with Crippen molar-refractivity contribution in [2.24, 2.45) is 0 Å². The van der Waals surface area contributed by atoms with Crippen LogP contribution in [-0.2, 0) is 0 Å². The Balaban J connectivity index is 1.65. The Labute approximate surface area is 99.4 Å². The average molecular weight is 226 g/mol. The minimum atomic E-state index is -0.145. The van der Waals surface area contributed by atoms with E-state index in [4.69, 9.17) is 0 Å². The first-order chi connectivity index (χ1) is 7.75. The zero-order chi connectivity index (χ0) is 11.4. The summed E-state index contributed by atoms with van der Waals surface area (Å²) in [6.45, 7) is 7.83. The second kappa shape index (κ2) is 5.99. The van der Waals surface area contributed by atoms with E-state index >= 15 is 0 Å². The van der Waals surface area contributed by atoms with Gasteiger partial charge < -0.3 is 10.0 Å². The van der Waals surface area contributed by atoms with Crippen LogP contribution >= 0.6 is 0 Å². The van der Waals surface area contributed by atoms with Crippen LogP contribution in [0.2, 0.25) is 0 Å². The molecule has 1 N–H and O–H groups in total. The molecule has 0 amide bonds. The van der Waals surface area contributed by atoms with Crippen LogP contribution in [0.5, 0.6) is 0 Å². The van der Waals surface area contributed by atoms with Crippen molar-refractivity contribution in [3.8, 4) is 0 Å². The minimum Gasteiger partial charge on any atom is -0.393 e. The van der Waals surface area contributed by atoms with E-state index in [9.17, 15) is 5.11 Å². The molecular weight excluding hydrogens is 200 g/mol. The van der Waals surface area contributed by atoms with Crippen LogP contribution in [0.4, 0.5) is 0 Å². The maximum absolute atomic E-state index is 9.27. The molecule has 1 aliphatic carbocycles. The fraction of sp³-hybridized carbons (Fsp3) is 1.00. The summed E-state index contributed by atoms with van der Waals surface area (Å²) in [7, 11) is 0. The van der Waals surface area contributed by atoms with Gasteiger partial charge in [-0.05, 0) is 26.2 Å². The molecule has 1 heterocycles. The molecule has 2 rings (SSSR count). The highest BCUT2D eigenvalue weighted by Crippen LogP contribution is 2.24. The highest BCUT2D eigenvalue weighted by Gasteiger charge is 2.25. The molecule has 3 nitrogen and oxygen atoms in total. The smallest absolute Gasteiger partial charge is 0.0524 e. The van der Waals surface area contributed by atoms with Crippen LogP contribution in [0.25, 0.3) is 0 Å². The predicted molar refractivity (Wildman–Crippen MR) is 66.6 cm³/mol. The molecule has 0 spiro atoms. The molecule has 2 aliphatic rings. The van der Waals surface area contributed by atoms with Crippen molar-refractivity contribution in [2.75, 3.05) is 32.7 Å². The molecule has 1 atom stereocenters. The maximum Gasteiger partial charge on any atom is 0.0524 e. The summed E-state index contributed by atoms with van der Waals surface area (Å²) in [5.74, 6) is 0. The molecule has 0 aromatic carbocycles. The van der Waals surface area contributed by atoms with Crippen molar-refractivity contribution < 1.29 is 5.11 Å². The molecule has 16 heavy (non-hydrogen) atoms. The summed E-state index contributed by atoms with van der Waals surface area (Å²) < 4.78 is 0. The first kappa shape index (κ1) is 12.3. The van der Waals surface area contributed by atoms with E-state index in [2.05, 4.69) is 9.80 Å². The molecular formula is C13H26N2O. The van der Waals surface area contributed by atoms with Gasteiger partial charge in [0.1, 0.15) is 0 Å². The van der Waals surface area contributed by atoms with Crippen molar-refractivity contribution in [3.05, 3.63) is 0 Å². The van der Waals surface area contributed by atoms with Gasteiger partial charge in [-0.15, -0.1) is 0 Å². The Bertz CT molecular complexity index is 194. The second-order valence-corrected chi connectivity index (χ2v) is 5.45. The molecule has 1 saturated heterocycles. The molecule has 2 fully saturated rings. The van der Waals surface area contributed by atoms with Crippen LogP contribution in [0.3, 0.4) is 0 Å². The largest absolute Gasteiger partial charge is 0.393 e. The van der Waals surface area contributed by atoms with Crippen molar-refractivity contribution in [1.29, 1.82) is 0 Å². The summed E-state index contributed by atoms with van der Waals surface area (Å²) in [5.41, 5.74) is 0. The molecule has 94 valence electrons. The molecule has 1 unspecified atom stereocenters. The average Bonchev–Trinajstić information content (AvgIpc) is 2.80. The first-order valence-corrected chi connectivity index (χ1v) is 6.90. The van der Waals surface area contributed by atoms with Gasteiger partial charge in [-0.1, -0.05) is 12.8 Å². The van der Waals surface area contributed by atoms with Gasteiger partial charge in [0.05, 0.1) is 6.10 Å². The van der Waals surface area contributed by atoms with Crippen LogP contribution in [-0.4, -0.2) is 59.8 Å². The van der Waals surface area contributed by atoms with Crippen LogP contribution < -0.4 is 0 Å². The molecule has 1 aliphatic heterocycles. The van der Waals surface area contributed by atoms with Crippen molar-refractivity contribution >= 4 is 0 Å². The second-order valence-electron chi connectivity index (χ2n) is 5.45. The Morgan fingerprint density at radius 1 is 1.12 bits per heavy atom. The number of hydrogen-bond donors (Lipinski definition) is 1. The molecule has 0 bridgehead atoms. The van der Waals surface area contributed by atoms with E-state index in [0.717, 1.165) is 19.0 Å². The predicted octanol–water partition coefficient (Wildman–Crippen LogP) is 1.32. The highest BCUT2D eigenvalue weighted by molar-refractivity contribution is 4.81. The van der Waals surface area contributed by atoms with Crippen LogP contribution in [0.15, 0.2) is 0 Å². The third-order valence-corrected chi connectivity index (χ3v) is 4.11. The molecule has 1 saturated carbocycles. The Kier molecular flexibility index (Phi) is 4.62. The van der Waals surface area contributed by atoms with Gasteiger partial charge in [0.2, 0.25) is 0 Å². The number of rotatable bonds is 4. The minimum absolute atomic E-state index is 0.145. The van der Waals surface area contributed by atoms with Crippen molar-refractivity contribution in [2.45, 2.75) is 51.2 Å². The lowest BCUT2D eigenvalue weighted by atomic mass is 10.1. The molecule has 0 aromatic heterocycles. The van der Waals surface area contributed by atoms with E-state index in [1.165, 1.54) is 51.9 Å². The summed E-state index contributed by atoms with van der Waals surface area (Å²) >= 11 is 0. The number of aliphatic hydroxyl groups is 1. The summed E-state index contributed by atoms with van der Waals surface area (Å²) in [5, 5.41) is 9.27. The number of hydrogen-bond acceptors (Lipinski definition) is 3. The topological polar surface area (TPSA) is 26.7 Å². The number of aliphatic hydroxyl groups excluding tert-OH is 1. The lowest BCUT2D eigenvalue weighted by Crippen LogP contribution is -2.50. The molecule has 3 heteroatoms. The SMILES string of the molecule is CC(O)CCN1CCN(C2CCCC2)CC1. The van der Waals surface area contributed by atoms with E-state index in [0.29, 0.717) is 0 Å². The van der Waals surface area contributed by atoms with Gasteiger partial charge in [0.25, 0.3) is 0 Å². The van der Waals surface area contributed by atoms with Crippen molar-refractivity contribution in [1.82, 2.24) is 9.80 Å². The third-order valence-electron chi connectivity index (χ3n) is 4.11. The van der Waals surface area contributed by atoms with Crippen LogP contribution in [0.1, 0.15) is 39.0 Å². The normalized spacial score (nSPS) is 27.4. The molecule has 0 aromatic rings. The fourth-order valence-electron chi connectivity index (χ4n) is 2.99. The summed E-state index contributed by atoms with van der Waals surface area (Å²) in [6.07, 6.45) is 6.50. The van der Waals surface area contributed by atoms with Gasteiger partial charge in [-0.3, -0.25) is 4.90 Å². The number of piperazine rings is 1. The van der Waals surface area contributed by atoms with E-state index in [1.807, 2.05) is 6.92 Å². The summed E-state index contributed by atoms with van der Waals surface area (Å²) in [4.78, 5) is 5.18. The van der Waals surface area contributed by atoms with Crippen LogP contribution in [0, 0.1) is 0 Å². The molecule has 0 radical (unpaired) electrons.